The molecule has 0 radical (unpaired) electrons. The Morgan fingerprint density at radius 1 is 1.03 bits per heavy atom. The molecule has 2 unspecified atom stereocenters. The van der Waals surface area contributed by atoms with E-state index in [1.165, 1.54) is 16.7 Å². The standard InChI is InChI=1S/C29H34N2.C2H6/c1-5-29(4,30)23(3)31-28-20-18-25(19-21-28)22(2)12-13-24-14-16-27(17-15-24)26-10-8-6-7-9-11-26;1-2/h6-10,14-22,31H,3,5,12-13,30H2,1-2,4H3;1-2H3. The summed E-state index contributed by atoms with van der Waals surface area (Å²) in [7, 11) is 0. The topological polar surface area (TPSA) is 38.0 Å². The van der Waals surface area contributed by atoms with E-state index >= 15 is 0 Å². The van der Waals surface area contributed by atoms with E-state index in [2.05, 4.69) is 92.2 Å². The van der Waals surface area contributed by atoms with Crippen molar-refractivity contribution in [3.63, 3.8) is 0 Å². The molecule has 174 valence electrons. The number of hydrogen-bond acceptors (Lipinski definition) is 2. The van der Waals surface area contributed by atoms with Gasteiger partial charge in [0.15, 0.2) is 0 Å². The van der Waals surface area contributed by atoms with Gasteiger partial charge in [-0.3, -0.25) is 0 Å². The van der Waals surface area contributed by atoms with Gasteiger partial charge >= 0.3 is 0 Å². The van der Waals surface area contributed by atoms with Crippen LogP contribution in [0.25, 0.3) is 5.57 Å². The van der Waals surface area contributed by atoms with Crippen molar-refractivity contribution in [1.82, 2.24) is 0 Å². The molecule has 2 atom stereocenters. The molecule has 2 nitrogen and oxygen atoms in total. The van der Waals surface area contributed by atoms with Crippen molar-refractivity contribution in [3.8, 4) is 0 Å². The number of anilines is 1. The van der Waals surface area contributed by atoms with E-state index in [9.17, 15) is 0 Å². The first-order valence-corrected chi connectivity index (χ1v) is 12.1. The zero-order valence-corrected chi connectivity index (χ0v) is 21.0. The van der Waals surface area contributed by atoms with Crippen LogP contribution >= 0.6 is 0 Å². The van der Waals surface area contributed by atoms with Gasteiger partial charge in [0, 0.05) is 17.0 Å². The van der Waals surface area contributed by atoms with Crippen LogP contribution < -0.4 is 11.1 Å². The van der Waals surface area contributed by atoms with Crippen LogP contribution in [0.4, 0.5) is 5.69 Å². The van der Waals surface area contributed by atoms with Crippen LogP contribution in [0.3, 0.4) is 0 Å². The van der Waals surface area contributed by atoms with Gasteiger partial charge in [-0.15, -0.1) is 5.73 Å². The second-order valence-corrected chi connectivity index (χ2v) is 8.60. The molecule has 3 N–H and O–H groups in total. The SMILES string of the molecule is C=C(Nc1ccc(C(C)CCc2ccc(C3=C=CC=CC=C3)cc2)cc1)C(C)(N)CC.CC. The Balaban J connectivity index is 0.00000187. The highest BCUT2D eigenvalue weighted by atomic mass is 15.0. The lowest BCUT2D eigenvalue weighted by Gasteiger charge is -2.26. The van der Waals surface area contributed by atoms with Gasteiger partial charge in [0.1, 0.15) is 0 Å². The molecule has 0 saturated heterocycles. The molecule has 0 aliphatic heterocycles. The molecule has 0 amide bonds. The molecule has 0 spiro atoms. The molecule has 2 aromatic rings. The Bertz CT molecular complexity index is 1010. The molecule has 3 rings (SSSR count). The maximum Gasteiger partial charge on any atom is 0.0524 e. The molecular weight excluding hydrogens is 400 g/mol. The number of nitrogens with one attached hydrogen (secondary N) is 1. The molecule has 0 heterocycles. The number of allylic oxidation sites excluding steroid dienone is 5. The Morgan fingerprint density at radius 2 is 1.70 bits per heavy atom. The number of rotatable bonds is 9. The van der Waals surface area contributed by atoms with Crippen LogP contribution in [0.1, 0.15) is 70.1 Å². The summed E-state index contributed by atoms with van der Waals surface area (Å²) in [6.07, 6.45) is 13.1. The van der Waals surface area contributed by atoms with Crippen molar-refractivity contribution in [2.75, 3.05) is 5.32 Å². The van der Waals surface area contributed by atoms with E-state index in [1.807, 2.05) is 39.0 Å². The number of benzene rings is 2. The van der Waals surface area contributed by atoms with Crippen LogP contribution in [0.2, 0.25) is 0 Å². The van der Waals surface area contributed by atoms with Gasteiger partial charge in [0.2, 0.25) is 0 Å². The zero-order chi connectivity index (χ0) is 24.3. The highest BCUT2D eigenvalue weighted by Crippen LogP contribution is 2.25. The summed E-state index contributed by atoms with van der Waals surface area (Å²) in [6, 6.07) is 17.5. The summed E-state index contributed by atoms with van der Waals surface area (Å²) in [5.74, 6) is 0.494. The third-order valence-corrected chi connectivity index (χ3v) is 6.15. The van der Waals surface area contributed by atoms with Gasteiger partial charge in [-0.05, 0) is 73.1 Å². The van der Waals surface area contributed by atoms with Crippen LogP contribution in [-0.2, 0) is 6.42 Å². The highest BCUT2D eigenvalue weighted by Gasteiger charge is 2.19. The normalized spacial score (nSPS) is 14.9. The zero-order valence-electron chi connectivity index (χ0n) is 21.0. The first-order valence-electron chi connectivity index (χ1n) is 12.1. The van der Waals surface area contributed by atoms with Gasteiger partial charge in [0.05, 0.1) is 5.54 Å². The minimum atomic E-state index is -0.405. The van der Waals surface area contributed by atoms with Crippen LogP contribution in [0, 0.1) is 0 Å². The monoisotopic (exact) mass is 440 g/mol. The minimum absolute atomic E-state index is 0.405. The summed E-state index contributed by atoms with van der Waals surface area (Å²) in [5, 5.41) is 3.36. The Morgan fingerprint density at radius 3 is 2.33 bits per heavy atom. The summed E-state index contributed by atoms with van der Waals surface area (Å²) in [6.45, 7) is 14.5. The summed E-state index contributed by atoms with van der Waals surface area (Å²) >= 11 is 0. The molecule has 2 heteroatoms. The number of hydrogen-bond donors (Lipinski definition) is 2. The maximum absolute atomic E-state index is 6.26. The first-order chi connectivity index (χ1) is 15.9. The summed E-state index contributed by atoms with van der Waals surface area (Å²) < 4.78 is 0. The third-order valence-electron chi connectivity index (χ3n) is 6.15. The van der Waals surface area contributed by atoms with Crippen molar-refractivity contribution < 1.29 is 0 Å². The molecule has 33 heavy (non-hydrogen) atoms. The van der Waals surface area contributed by atoms with Gasteiger partial charge in [0.25, 0.3) is 0 Å². The van der Waals surface area contributed by atoms with Crippen LogP contribution in [0.5, 0.6) is 0 Å². The van der Waals surface area contributed by atoms with Crippen molar-refractivity contribution in [2.24, 2.45) is 5.73 Å². The lowest BCUT2D eigenvalue weighted by molar-refractivity contribution is 0.535. The average molecular weight is 441 g/mol. The Hall–Kier alpha value is -3.06. The molecular formula is C31H40N2. The van der Waals surface area contributed by atoms with Crippen molar-refractivity contribution >= 4 is 11.3 Å². The molecule has 1 aliphatic rings. The van der Waals surface area contributed by atoms with Crippen LogP contribution in [0.15, 0.2) is 96.9 Å². The number of aryl methyl sites for hydroxylation is 1. The molecule has 1 aliphatic carbocycles. The van der Waals surface area contributed by atoms with E-state index in [0.29, 0.717) is 5.92 Å². The smallest absolute Gasteiger partial charge is 0.0524 e. The summed E-state index contributed by atoms with van der Waals surface area (Å²) in [4.78, 5) is 0. The lowest BCUT2D eigenvalue weighted by Crippen LogP contribution is -2.39. The molecule has 0 fully saturated rings. The molecule has 0 aromatic heterocycles. The molecule has 0 bridgehead atoms. The Kier molecular flexibility index (Phi) is 10.2. The second kappa shape index (κ2) is 12.8. The second-order valence-electron chi connectivity index (χ2n) is 8.60. The fourth-order valence-electron chi connectivity index (χ4n) is 3.46. The average Bonchev–Trinajstić information content (AvgIpc) is 3.14. The minimum Gasteiger partial charge on any atom is -0.358 e. The Labute approximate surface area is 201 Å². The predicted molar refractivity (Wildman–Crippen MR) is 146 cm³/mol. The van der Waals surface area contributed by atoms with Gasteiger partial charge < -0.3 is 11.1 Å². The van der Waals surface area contributed by atoms with Crippen molar-refractivity contribution in [1.29, 1.82) is 0 Å². The van der Waals surface area contributed by atoms with E-state index in [-0.39, 0.29) is 0 Å². The third kappa shape index (κ3) is 7.79. The van der Waals surface area contributed by atoms with Crippen LogP contribution in [-0.4, -0.2) is 5.54 Å². The predicted octanol–water partition coefficient (Wildman–Crippen LogP) is 8.17. The van der Waals surface area contributed by atoms with E-state index in [4.69, 9.17) is 5.73 Å². The molecule has 2 aromatic carbocycles. The fourth-order valence-corrected chi connectivity index (χ4v) is 3.46. The maximum atomic E-state index is 6.26. The number of nitrogens with two attached hydrogens (primary N) is 1. The van der Waals surface area contributed by atoms with Gasteiger partial charge in [-0.25, -0.2) is 0 Å². The molecule has 0 saturated carbocycles. The fraction of sp³-hybridized carbons (Fsp3) is 0.323. The highest BCUT2D eigenvalue weighted by molar-refractivity contribution is 5.74. The van der Waals surface area contributed by atoms with E-state index in [1.54, 1.807) is 0 Å². The first kappa shape index (κ1) is 26.2. The lowest BCUT2D eigenvalue weighted by atomic mass is 9.93. The van der Waals surface area contributed by atoms with Gasteiger partial charge in [-0.2, -0.15) is 0 Å². The van der Waals surface area contributed by atoms with E-state index in [0.717, 1.165) is 36.2 Å². The van der Waals surface area contributed by atoms with Crippen molar-refractivity contribution in [3.05, 3.63) is 114 Å². The quantitative estimate of drug-likeness (QED) is 0.386. The van der Waals surface area contributed by atoms with Crippen molar-refractivity contribution in [2.45, 2.75) is 65.3 Å². The van der Waals surface area contributed by atoms with Gasteiger partial charge in [-0.1, -0.05) is 88.9 Å². The largest absolute Gasteiger partial charge is 0.358 e. The van der Waals surface area contributed by atoms with E-state index < -0.39 is 5.54 Å². The summed E-state index contributed by atoms with van der Waals surface area (Å²) in [5.41, 5.74) is 16.1.